The van der Waals surface area contributed by atoms with Crippen LogP contribution in [-0.2, 0) is 11.8 Å². The van der Waals surface area contributed by atoms with Crippen LogP contribution in [0.4, 0.5) is 14.6 Å². The minimum atomic E-state index is -2.65. The van der Waals surface area contributed by atoms with Gasteiger partial charge >= 0.3 is 0 Å². The van der Waals surface area contributed by atoms with Crippen LogP contribution in [0.25, 0.3) is 22.3 Å². The van der Waals surface area contributed by atoms with Gasteiger partial charge in [0.05, 0.1) is 17.4 Å². The largest absolute Gasteiger partial charge is 0.310 e. The summed E-state index contributed by atoms with van der Waals surface area (Å²) in [6.45, 7) is 0. The van der Waals surface area contributed by atoms with Gasteiger partial charge in [-0.3, -0.25) is 9.48 Å². The molecule has 4 rings (SSSR count). The van der Waals surface area contributed by atoms with Crippen LogP contribution in [0.5, 0.6) is 0 Å². The Kier molecular flexibility index (Phi) is 4.29. The lowest BCUT2D eigenvalue weighted by atomic mass is 9.86. The fourth-order valence-electron chi connectivity index (χ4n) is 3.22. The predicted octanol–water partition coefficient (Wildman–Crippen LogP) is 3.19. The van der Waals surface area contributed by atoms with Crippen LogP contribution >= 0.6 is 0 Å². The van der Waals surface area contributed by atoms with Crippen molar-refractivity contribution < 1.29 is 13.6 Å². The van der Waals surface area contributed by atoms with E-state index in [1.807, 2.05) is 12.1 Å². The van der Waals surface area contributed by atoms with Gasteiger partial charge < -0.3 is 5.32 Å². The third-order valence-corrected chi connectivity index (χ3v) is 4.78. The normalized spacial score (nSPS) is 17.1. The number of hydrogen-bond acceptors (Lipinski definition) is 5. The van der Waals surface area contributed by atoms with E-state index in [1.54, 1.807) is 30.2 Å². The van der Waals surface area contributed by atoms with E-state index in [2.05, 4.69) is 25.6 Å². The quantitative estimate of drug-likeness (QED) is 0.763. The molecule has 0 spiro atoms. The Morgan fingerprint density at radius 1 is 1.26 bits per heavy atom. The molecule has 0 radical (unpaired) electrons. The molecule has 3 aromatic heterocycles. The lowest BCUT2D eigenvalue weighted by molar-refractivity contribution is -0.124. The van der Waals surface area contributed by atoms with Crippen LogP contribution in [-0.4, -0.2) is 36.8 Å². The SMILES string of the molecule is Cn1cc(-c2ccc3cnc(NC(=O)C4CCC(F)(F)CC4)cc3n2)nn1. The number of hydrogen-bond donors (Lipinski definition) is 1. The number of halogens is 2. The van der Waals surface area contributed by atoms with E-state index in [0.717, 1.165) is 5.39 Å². The number of fused-ring (bicyclic) bond motifs is 1. The molecular weight excluding hydrogens is 354 g/mol. The first-order valence-corrected chi connectivity index (χ1v) is 8.72. The highest BCUT2D eigenvalue weighted by Crippen LogP contribution is 2.36. The fourth-order valence-corrected chi connectivity index (χ4v) is 3.22. The molecule has 1 fully saturated rings. The Balaban J connectivity index is 1.53. The van der Waals surface area contributed by atoms with Crippen molar-refractivity contribution >= 4 is 22.6 Å². The Hall–Kier alpha value is -2.97. The van der Waals surface area contributed by atoms with Gasteiger partial charge in [-0.05, 0) is 25.0 Å². The monoisotopic (exact) mass is 372 g/mol. The predicted molar refractivity (Wildman–Crippen MR) is 95.1 cm³/mol. The van der Waals surface area contributed by atoms with Crippen molar-refractivity contribution in [2.24, 2.45) is 13.0 Å². The average Bonchev–Trinajstić information content (AvgIpc) is 3.07. The third kappa shape index (κ3) is 3.76. The van der Waals surface area contributed by atoms with E-state index in [4.69, 9.17) is 0 Å². The maximum atomic E-state index is 13.3. The maximum absolute atomic E-state index is 13.3. The van der Waals surface area contributed by atoms with E-state index in [-0.39, 0.29) is 31.6 Å². The number of carbonyl (C=O) groups excluding carboxylic acids is 1. The van der Waals surface area contributed by atoms with Crippen LogP contribution in [0, 0.1) is 5.92 Å². The molecule has 0 unspecified atom stereocenters. The zero-order valence-electron chi connectivity index (χ0n) is 14.7. The number of nitrogens with one attached hydrogen (secondary N) is 1. The second-order valence-electron chi connectivity index (χ2n) is 6.86. The molecule has 1 aliphatic carbocycles. The lowest BCUT2D eigenvalue weighted by Gasteiger charge is -2.27. The summed E-state index contributed by atoms with van der Waals surface area (Å²) in [6, 6.07) is 5.37. The van der Waals surface area contributed by atoms with Gasteiger partial charge in [0, 0.05) is 43.5 Å². The number of carbonyl (C=O) groups is 1. The number of pyridine rings is 2. The summed E-state index contributed by atoms with van der Waals surface area (Å²) in [5, 5.41) is 11.5. The van der Waals surface area contributed by atoms with Gasteiger partial charge in [-0.1, -0.05) is 5.21 Å². The van der Waals surface area contributed by atoms with Crippen LogP contribution in [0.15, 0.2) is 30.6 Å². The first-order chi connectivity index (χ1) is 12.9. The smallest absolute Gasteiger partial charge is 0.248 e. The third-order valence-electron chi connectivity index (χ3n) is 4.78. The molecule has 27 heavy (non-hydrogen) atoms. The molecule has 0 bridgehead atoms. The molecule has 0 saturated heterocycles. The Morgan fingerprint density at radius 2 is 2.04 bits per heavy atom. The molecule has 3 aromatic rings. The number of anilines is 1. The number of aromatic nitrogens is 5. The number of aryl methyl sites for hydroxylation is 1. The molecular formula is C18H18F2N6O. The number of nitrogens with zero attached hydrogens (tertiary/aromatic N) is 5. The Labute approximate surface area is 153 Å². The van der Waals surface area contributed by atoms with Crippen LogP contribution in [0.1, 0.15) is 25.7 Å². The van der Waals surface area contributed by atoms with Gasteiger partial charge in [0.15, 0.2) is 0 Å². The van der Waals surface area contributed by atoms with Gasteiger partial charge in [-0.25, -0.2) is 18.7 Å². The molecule has 1 N–H and O–H groups in total. The van der Waals surface area contributed by atoms with Crippen molar-refractivity contribution in [1.29, 1.82) is 0 Å². The maximum Gasteiger partial charge on any atom is 0.248 e. The minimum absolute atomic E-state index is 0.182. The van der Waals surface area contributed by atoms with Gasteiger partial charge in [-0.15, -0.1) is 5.10 Å². The van der Waals surface area contributed by atoms with E-state index in [0.29, 0.717) is 22.7 Å². The Morgan fingerprint density at radius 3 is 2.74 bits per heavy atom. The molecule has 0 aromatic carbocycles. The summed E-state index contributed by atoms with van der Waals surface area (Å²) in [7, 11) is 1.77. The molecule has 7 nitrogen and oxygen atoms in total. The van der Waals surface area contributed by atoms with Crippen molar-refractivity contribution in [3.05, 3.63) is 30.6 Å². The Bertz CT molecular complexity index is 992. The van der Waals surface area contributed by atoms with Crippen LogP contribution in [0.3, 0.4) is 0 Å². The summed E-state index contributed by atoms with van der Waals surface area (Å²) in [5.74, 6) is -2.99. The summed E-state index contributed by atoms with van der Waals surface area (Å²) >= 11 is 0. The first kappa shape index (κ1) is 17.4. The van der Waals surface area contributed by atoms with Crippen molar-refractivity contribution in [2.75, 3.05) is 5.32 Å². The number of amides is 1. The molecule has 1 amide bonds. The summed E-state index contributed by atoms with van der Waals surface area (Å²) in [6.07, 6.45) is 3.24. The standard InChI is InChI=1S/C18H18F2N6O/c1-26-10-15(24-25-26)13-3-2-12-9-21-16(8-14(12)22-13)23-17(27)11-4-6-18(19,20)7-5-11/h2-3,8-11H,4-7H2,1H3,(H,21,23,27). The highest BCUT2D eigenvalue weighted by molar-refractivity contribution is 5.93. The molecule has 1 saturated carbocycles. The molecule has 1 aliphatic rings. The van der Waals surface area contributed by atoms with E-state index in [1.165, 1.54) is 0 Å². The number of rotatable bonds is 3. The summed E-state index contributed by atoms with van der Waals surface area (Å²) in [4.78, 5) is 21.1. The van der Waals surface area contributed by atoms with Crippen molar-refractivity contribution in [1.82, 2.24) is 25.0 Å². The van der Waals surface area contributed by atoms with Crippen LogP contribution in [0.2, 0.25) is 0 Å². The molecule has 9 heteroatoms. The molecule has 140 valence electrons. The van der Waals surface area contributed by atoms with Gasteiger partial charge in [0.1, 0.15) is 11.5 Å². The molecule has 0 aliphatic heterocycles. The summed E-state index contributed by atoms with van der Waals surface area (Å²) in [5.41, 5.74) is 1.96. The summed E-state index contributed by atoms with van der Waals surface area (Å²) < 4.78 is 28.1. The van der Waals surface area contributed by atoms with E-state index < -0.39 is 11.8 Å². The van der Waals surface area contributed by atoms with Crippen LogP contribution < -0.4 is 5.32 Å². The zero-order chi connectivity index (χ0) is 19.0. The van der Waals surface area contributed by atoms with Gasteiger partial charge in [0.25, 0.3) is 0 Å². The van der Waals surface area contributed by atoms with Crippen molar-refractivity contribution in [3.63, 3.8) is 0 Å². The second kappa shape index (κ2) is 6.64. The molecule has 3 heterocycles. The van der Waals surface area contributed by atoms with Crippen molar-refractivity contribution in [2.45, 2.75) is 31.6 Å². The first-order valence-electron chi connectivity index (χ1n) is 8.72. The minimum Gasteiger partial charge on any atom is -0.310 e. The second-order valence-corrected chi connectivity index (χ2v) is 6.86. The van der Waals surface area contributed by atoms with E-state index in [9.17, 15) is 13.6 Å². The lowest BCUT2D eigenvalue weighted by Crippen LogP contribution is -2.32. The molecule has 0 atom stereocenters. The average molecular weight is 372 g/mol. The van der Waals surface area contributed by atoms with E-state index >= 15 is 0 Å². The topological polar surface area (TPSA) is 85.6 Å². The van der Waals surface area contributed by atoms with Gasteiger partial charge in [0.2, 0.25) is 11.8 Å². The highest BCUT2D eigenvalue weighted by Gasteiger charge is 2.37. The fraction of sp³-hybridized carbons (Fsp3) is 0.389. The highest BCUT2D eigenvalue weighted by atomic mass is 19.3. The zero-order valence-corrected chi connectivity index (χ0v) is 14.7. The van der Waals surface area contributed by atoms with Gasteiger partial charge in [-0.2, -0.15) is 0 Å². The van der Waals surface area contributed by atoms with Crippen molar-refractivity contribution in [3.8, 4) is 11.4 Å². The number of alkyl halides is 2.